The summed E-state index contributed by atoms with van der Waals surface area (Å²) in [5, 5.41) is 0. The number of carbonyl (C=O) groups is 1. The Kier molecular flexibility index (Phi) is 4.48. The molecule has 0 radical (unpaired) electrons. The molecule has 1 aromatic rings. The SMILES string of the molecule is COc1cc2c(cc1OC)CN(C(=O)C1(N)CCCCC1)CC2. The van der Waals surface area contributed by atoms with Gasteiger partial charge in [0.15, 0.2) is 11.5 Å². The Balaban J connectivity index is 1.80. The summed E-state index contributed by atoms with van der Waals surface area (Å²) in [7, 11) is 3.27. The summed E-state index contributed by atoms with van der Waals surface area (Å²) in [6.07, 6.45) is 5.74. The van der Waals surface area contributed by atoms with Crippen molar-refractivity contribution in [2.45, 2.75) is 50.6 Å². The minimum absolute atomic E-state index is 0.109. The molecule has 0 aromatic heterocycles. The van der Waals surface area contributed by atoms with Crippen LogP contribution in [0.15, 0.2) is 12.1 Å². The molecule has 3 rings (SSSR count). The first-order valence-corrected chi connectivity index (χ1v) is 8.39. The van der Waals surface area contributed by atoms with Crippen LogP contribution >= 0.6 is 0 Å². The normalized spacial score (nSPS) is 19.9. The third-order valence-corrected chi connectivity index (χ3v) is 5.18. The van der Waals surface area contributed by atoms with Crippen molar-refractivity contribution in [1.29, 1.82) is 0 Å². The number of carbonyl (C=O) groups excluding carboxylic acids is 1. The summed E-state index contributed by atoms with van der Waals surface area (Å²) >= 11 is 0. The average molecular weight is 318 g/mol. The van der Waals surface area contributed by atoms with Gasteiger partial charge in [0.25, 0.3) is 0 Å². The summed E-state index contributed by atoms with van der Waals surface area (Å²) in [6, 6.07) is 4.01. The van der Waals surface area contributed by atoms with Crippen molar-refractivity contribution in [2.24, 2.45) is 5.73 Å². The summed E-state index contributed by atoms with van der Waals surface area (Å²) in [5.41, 5.74) is 8.11. The standard InChI is InChI=1S/C18H26N2O3/c1-22-15-10-13-6-9-20(12-14(13)11-16(15)23-2)17(21)18(19)7-4-3-5-8-18/h10-11H,3-9,12,19H2,1-2H3. The highest BCUT2D eigenvalue weighted by Gasteiger charge is 2.39. The molecule has 126 valence electrons. The second-order valence-electron chi connectivity index (χ2n) is 6.67. The molecule has 1 aromatic carbocycles. The molecule has 2 aliphatic rings. The Hall–Kier alpha value is -1.75. The maximum atomic E-state index is 12.9. The van der Waals surface area contributed by atoms with E-state index in [1.807, 2.05) is 17.0 Å². The molecule has 23 heavy (non-hydrogen) atoms. The molecule has 2 N–H and O–H groups in total. The van der Waals surface area contributed by atoms with E-state index >= 15 is 0 Å². The van der Waals surface area contributed by atoms with Crippen LogP contribution in [0.25, 0.3) is 0 Å². The summed E-state index contributed by atoms with van der Waals surface area (Å²) in [5.74, 6) is 1.56. The van der Waals surface area contributed by atoms with Crippen LogP contribution in [-0.4, -0.2) is 37.1 Å². The first kappa shape index (κ1) is 16.1. The lowest BCUT2D eigenvalue weighted by Gasteiger charge is -2.39. The monoisotopic (exact) mass is 318 g/mol. The number of ether oxygens (including phenoxy) is 2. The zero-order valence-electron chi connectivity index (χ0n) is 14.1. The molecule has 5 nitrogen and oxygen atoms in total. The molecule has 1 heterocycles. The van der Waals surface area contributed by atoms with Crippen LogP contribution < -0.4 is 15.2 Å². The molecule has 0 atom stereocenters. The van der Waals surface area contributed by atoms with Crippen molar-refractivity contribution in [2.75, 3.05) is 20.8 Å². The third kappa shape index (κ3) is 3.02. The van der Waals surface area contributed by atoms with Crippen molar-refractivity contribution in [3.05, 3.63) is 23.3 Å². The van der Waals surface area contributed by atoms with Crippen LogP contribution in [0, 0.1) is 0 Å². The zero-order valence-corrected chi connectivity index (χ0v) is 14.1. The Morgan fingerprint density at radius 1 is 1.09 bits per heavy atom. The lowest BCUT2D eigenvalue weighted by atomic mass is 9.81. The van der Waals surface area contributed by atoms with E-state index in [-0.39, 0.29) is 5.91 Å². The molecule has 1 aliphatic heterocycles. The van der Waals surface area contributed by atoms with E-state index in [0.717, 1.165) is 50.0 Å². The number of nitrogens with two attached hydrogens (primary N) is 1. The van der Waals surface area contributed by atoms with Gasteiger partial charge in [0.05, 0.1) is 19.8 Å². The number of nitrogens with zero attached hydrogens (tertiary/aromatic N) is 1. The third-order valence-electron chi connectivity index (χ3n) is 5.18. The first-order chi connectivity index (χ1) is 11.1. The molecular formula is C18H26N2O3. The minimum atomic E-state index is -0.660. The maximum absolute atomic E-state index is 12.9. The van der Waals surface area contributed by atoms with Gasteiger partial charge in [-0.25, -0.2) is 0 Å². The van der Waals surface area contributed by atoms with Crippen molar-refractivity contribution < 1.29 is 14.3 Å². The second kappa shape index (κ2) is 6.40. The highest BCUT2D eigenvalue weighted by atomic mass is 16.5. The molecule has 5 heteroatoms. The molecule has 0 spiro atoms. The lowest BCUT2D eigenvalue weighted by Crippen LogP contribution is -2.57. The topological polar surface area (TPSA) is 64.8 Å². The quantitative estimate of drug-likeness (QED) is 0.928. The van der Waals surface area contributed by atoms with Crippen LogP contribution in [-0.2, 0) is 17.8 Å². The number of amides is 1. The lowest BCUT2D eigenvalue weighted by molar-refractivity contribution is -0.139. The number of hydrogen-bond acceptors (Lipinski definition) is 4. The fourth-order valence-electron chi connectivity index (χ4n) is 3.77. The van der Waals surface area contributed by atoms with Crippen LogP contribution in [0.4, 0.5) is 0 Å². The van der Waals surface area contributed by atoms with Gasteiger partial charge in [-0.3, -0.25) is 4.79 Å². The molecule has 1 amide bonds. The van der Waals surface area contributed by atoms with Crippen LogP contribution in [0.1, 0.15) is 43.2 Å². The number of rotatable bonds is 3. The van der Waals surface area contributed by atoms with Gasteiger partial charge in [0, 0.05) is 13.1 Å². The van der Waals surface area contributed by atoms with Gasteiger partial charge in [-0.2, -0.15) is 0 Å². The van der Waals surface area contributed by atoms with E-state index in [0.29, 0.717) is 12.3 Å². The van der Waals surface area contributed by atoms with Crippen molar-refractivity contribution in [1.82, 2.24) is 4.90 Å². The van der Waals surface area contributed by atoms with E-state index in [1.165, 1.54) is 12.0 Å². The predicted octanol–water partition coefficient (Wildman–Crippen LogP) is 2.25. The molecule has 1 saturated carbocycles. The maximum Gasteiger partial charge on any atom is 0.242 e. The van der Waals surface area contributed by atoms with Gasteiger partial charge in [0.2, 0.25) is 5.91 Å². The zero-order chi connectivity index (χ0) is 16.4. The summed E-state index contributed by atoms with van der Waals surface area (Å²) < 4.78 is 10.7. The Labute approximate surface area is 137 Å². The molecule has 0 bridgehead atoms. The molecular weight excluding hydrogens is 292 g/mol. The fourth-order valence-corrected chi connectivity index (χ4v) is 3.77. The smallest absolute Gasteiger partial charge is 0.242 e. The minimum Gasteiger partial charge on any atom is -0.493 e. The van der Waals surface area contributed by atoms with Crippen molar-refractivity contribution >= 4 is 5.91 Å². The predicted molar refractivity (Wildman–Crippen MR) is 88.7 cm³/mol. The van der Waals surface area contributed by atoms with Crippen LogP contribution in [0.2, 0.25) is 0 Å². The van der Waals surface area contributed by atoms with E-state index < -0.39 is 5.54 Å². The summed E-state index contributed by atoms with van der Waals surface area (Å²) in [4.78, 5) is 14.8. The Bertz CT molecular complexity index is 594. The highest BCUT2D eigenvalue weighted by Crippen LogP contribution is 2.35. The largest absolute Gasteiger partial charge is 0.493 e. The van der Waals surface area contributed by atoms with Crippen LogP contribution in [0.5, 0.6) is 11.5 Å². The van der Waals surface area contributed by atoms with Gasteiger partial charge in [-0.05, 0) is 42.5 Å². The van der Waals surface area contributed by atoms with E-state index in [2.05, 4.69) is 0 Å². The summed E-state index contributed by atoms with van der Waals surface area (Å²) in [6.45, 7) is 1.33. The Morgan fingerprint density at radius 2 is 1.70 bits per heavy atom. The van der Waals surface area contributed by atoms with Crippen molar-refractivity contribution in [3.8, 4) is 11.5 Å². The number of methoxy groups -OCH3 is 2. The fraction of sp³-hybridized carbons (Fsp3) is 0.611. The van der Waals surface area contributed by atoms with Gasteiger partial charge >= 0.3 is 0 Å². The second-order valence-corrected chi connectivity index (χ2v) is 6.67. The first-order valence-electron chi connectivity index (χ1n) is 8.39. The van der Waals surface area contributed by atoms with Gasteiger partial charge in [0.1, 0.15) is 0 Å². The van der Waals surface area contributed by atoms with Crippen LogP contribution in [0.3, 0.4) is 0 Å². The van der Waals surface area contributed by atoms with Gasteiger partial charge in [-0.1, -0.05) is 19.3 Å². The molecule has 0 unspecified atom stereocenters. The number of benzene rings is 1. The van der Waals surface area contributed by atoms with Gasteiger partial charge < -0.3 is 20.1 Å². The number of fused-ring (bicyclic) bond motifs is 1. The highest BCUT2D eigenvalue weighted by molar-refractivity contribution is 5.86. The average Bonchev–Trinajstić information content (AvgIpc) is 2.59. The molecule has 1 aliphatic carbocycles. The van der Waals surface area contributed by atoms with Crippen molar-refractivity contribution in [3.63, 3.8) is 0 Å². The van der Waals surface area contributed by atoms with Gasteiger partial charge in [-0.15, -0.1) is 0 Å². The molecule has 0 saturated heterocycles. The van der Waals surface area contributed by atoms with E-state index in [4.69, 9.17) is 15.2 Å². The van der Waals surface area contributed by atoms with E-state index in [9.17, 15) is 4.79 Å². The Morgan fingerprint density at radius 3 is 2.30 bits per heavy atom. The molecule has 1 fully saturated rings. The number of hydrogen-bond donors (Lipinski definition) is 1. The van der Waals surface area contributed by atoms with E-state index in [1.54, 1.807) is 14.2 Å².